The predicted molar refractivity (Wildman–Crippen MR) is 109 cm³/mol. The molecule has 4 heteroatoms. The van der Waals surface area contributed by atoms with Gasteiger partial charge in [-0.15, -0.1) is 0 Å². The lowest BCUT2D eigenvalue weighted by Crippen LogP contribution is -2.52. The Balaban J connectivity index is 1.46. The summed E-state index contributed by atoms with van der Waals surface area (Å²) in [4.78, 5) is 0. The molecule has 1 heterocycles. The van der Waals surface area contributed by atoms with Crippen molar-refractivity contribution < 1.29 is 14.6 Å². The molecule has 0 radical (unpaired) electrons. The lowest BCUT2D eigenvalue weighted by molar-refractivity contribution is -0.319. The molecule has 1 aromatic carbocycles. The third-order valence-electron chi connectivity index (χ3n) is 6.26. The van der Waals surface area contributed by atoms with Gasteiger partial charge in [-0.05, 0) is 44.7 Å². The quantitative estimate of drug-likeness (QED) is 0.769. The van der Waals surface area contributed by atoms with E-state index in [1.165, 1.54) is 11.1 Å². The first-order chi connectivity index (χ1) is 12.7. The Morgan fingerprint density at radius 3 is 2.19 bits per heavy atom. The van der Waals surface area contributed by atoms with Crippen LogP contribution in [0.5, 0.6) is 0 Å². The Kier molecular flexibility index (Phi) is 6.31. The summed E-state index contributed by atoms with van der Waals surface area (Å²) in [5.41, 5.74) is 2.09. The van der Waals surface area contributed by atoms with E-state index in [1.807, 2.05) is 0 Å². The number of rotatable bonds is 6. The SMILES string of the molecule is CC[C@H](NCCC1(O)CCC2(CC1)OCC(C)(C)CO2)c1ccc(C)cc1. The lowest BCUT2D eigenvalue weighted by Gasteiger charge is -2.48. The molecular formula is C23H37NO3. The van der Waals surface area contributed by atoms with E-state index < -0.39 is 11.4 Å². The van der Waals surface area contributed by atoms with Gasteiger partial charge in [-0.25, -0.2) is 0 Å². The fourth-order valence-electron chi connectivity index (χ4n) is 4.15. The minimum Gasteiger partial charge on any atom is -0.390 e. The Hall–Kier alpha value is -0.940. The molecule has 1 saturated carbocycles. The van der Waals surface area contributed by atoms with Gasteiger partial charge in [0.05, 0.1) is 18.8 Å². The van der Waals surface area contributed by atoms with Crippen LogP contribution in [0.1, 0.15) is 76.5 Å². The first-order valence-corrected chi connectivity index (χ1v) is 10.6. The highest BCUT2D eigenvalue weighted by molar-refractivity contribution is 5.24. The minimum absolute atomic E-state index is 0.0913. The van der Waals surface area contributed by atoms with Crippen molar-refractivity contribution in [2.24, 2.45) is 5.41 Å². The smallest absolute Gasteiger partial charge is 0.168 e. The van der Waals surface area contributed by atoms with Crippen LogP contribution in [0.4, 0.5) is 0 Å². The van der Waals surface area contributed by atoms with Gasteiger partial charge in [0.25, 0.3) is 0 Å². The van der Waals surface area contributed by atoms with Crippen molar-refractivity contribution in [3.05, 3.63) is 35.4 Å². The Morgan fingerprint density at radius 2 is 1.63 bits per heavy atom. The maximum absolute atomic E-state index is 11.0. The van der Waals surface area contributed by atoms with Crippen molar-refractivity contribution in [2.75, 3.05) is 19.8 Å². The molecule has 0 unspecified atom stereocenters. The van der Waals surface area contributed by atoms with Crippen LogP contribution in [0.2, 0.25) is 0 Å². The molecular weight excluding hydrogens is 338 g/mol. The Morgan fingerprint density at radius 1 is 1.04 bits per heavy atom. The zero-order valence-corrected chi connectivity index (χ0v) is 17.5. The largest absolute Gasteiger partial charge is 0.390 e. The monoisotopic (exact) mass is 375 g/mol. The molecule has 0 bridgehead atoms. The van der Waals surface area contributed by atoms with Gasteiger partial charge < -0.3 is 19.9 Å². The highest BCUT2D eigenvalue weighted by Gasteiger charge is 2.46. The maximum Gasteiger partial charge on any atom is 0.168 e. The van der Waals surface area contributed by atoms with Crippen LogP contribution in [0.25, 0.3) is 0 Å². The maximum atomic E-state index is 11.0. The fraction of sp³-hybridized carbons (Fsp3) is 0.739. The van der Waals surface area contributed by atoms with E-state index >= 15 is 0 Å². The van der Waals surface area contributed by atoms with Gasteiger partial charge in [0.15, 0.2) is 5.79 Å². The second-order valence-corrected chi connectivity index (χ2v) is 9.45. The summed E-state index contributed by atoms with van der Waals surface area (Å²) in [6.07, 6.45) is 4.88. The summed E-state index contributed by atoms with van der Waals surface area (Å²) >= 11 is 0. The minimum atomic E-state index is -0.608. The summed E-state index contributed by atoms with van der Waals surface area (Å²) in [5, 5.41) is 14.7. The second kappa shape index (κ2) is 8.20. The van der Waals surface area contributed by atoms with Gasteiger partial charge in [-0.1, -0.05) is 50.6 Å². The number of hydrogen-bond acceptors (Lipinski definition) is 4. The third kappa shape index (κ3) is 5.32. The molecule has 27 heavy (non-hydrogen) atoms. The van der Waals surface area contributed by atoms with Gasteiger partial charge in [-0.3, -0.25) is 0 Å². The molecule has 3 rings (SSSR count). The van der Waals surface area contributed by atoms with Gasteiger partial charge >= 0.3 is 0 Å². The molecule has 1 aliphatic carbocycles. The third-order valence-corrected chi connectivity index (χ3v) is 6.26. The van der Waals surface area contributed by atoms with E-state index in [0.717, 1.165) is 58.3 Å². The van der Waals surface area contributed by atoms with Crippen molar-refractivity contribution in [2.45, 2.75) is 83.6 Å². The summed E-state index contributed by atoms with van der Waals surface area (Å²) in [5.74, 6) is -0.455. The molecule has 1 saturated heterocycles. The first-order valence-electron chi connectivity index (χ1n) is 10.6. The molecule has 1 aliphatic heterocycles. The van der Waals surface area contributed by atoms with Crippen molar-refractivity contribution in [3.63, 3.8) is 0 Å². The summed E-state index contributed by atoms with van der Waals surface area (Å²) in [6.45, 7) is 11.0. The Bertz CT molecular complexity index is 591. The van der Waals surface area contributed by atoms with E-state index in [4.69, 9.17) is 9.47 Å². The van der Waals surface area contributed by atoms with Crippen molar-refractivity contribution >= 4 is 0 Å². The summed E-state index contributed by atoms with van der Waals surface area (Å²) in [6, 6.07) is 9.08. The molecule has 0 aromatic heterocycles. The molecule has 2 N–H and O–H groups in total. The molecule has 152 valence electrons. The van der Waals surface area contributed by atoms with Crippen LogP contribution in [0.3, 0.4) is 0 Å². The van der Waals surface area contributed by atoms with Crippen LogP contribution < -0.4 is 5.32 Å². The number of aliphatic hydroxyl groups is 1. The number of ether oxygens (including phenoxy) is 2. The zero-order chi connectivity index (χ0) is 19.5. The predicted octanol–water partition coefficient (Wildman–Crippen LogP) is 4.50. The molecule has 0 amide bonds. The average molecular weight is 376 g/mol. The van der Waals surface area contributed by atoms with Crippen molar-refractivity contribution in [1.29, 1.82) is 0 Å². The van der Waals surface area contributed by atoms with Crippen LogP contribution in [-0.4, -0.2) is 36.3 Å². The van der Waals surface area contributed by atoms with Gasteiger partial charge in [0, 0.05) is 24.3 Å². The van der Waals surface area contributed by atoms with Crippen molar-refractivity contribution in [3.8, 4) is 0 Å². The number of benzene rings is 1. The molecule has 2 aliphatic rings. The number of aryl methyl sites for hydroxylation is 1. The molecule has 2 fully saturated rings. The second-order valence-electron chi connectivity index (χ2n) is 9.45. The topological polar surface area (TPSA) is 50.7 Å². The summed E-state index contributed by atoms with van der Waals surface area (Å²) < 4.78 is 12.2. The van der Waals surface area contributed by atoms with Crippen molar-refractivity contribution in [1.82, 2.24) is 5.32 Å². The zero-order valence-electron chi connectivity index (χ0n) is 17.5. The highest BCUT2D eigenvalue weighted by atomic mass is 16.7. The van der Waals surface area contributed by atoms with E-state index in [1.54, 1.807) is 0 Å². The fourth-order valence-corrected chi connectivity index (χ4v) is 4.15. The van der Waals surface area contributed by atoms with Crippen LogP contribution in [-0.2, 0) is 9.47 Å². The van der Waals surface area contributed by atoms with Gasteiger partial charge in [-0.2, -0.15) is 0 Å². The average Bonchev–Trinajstić information content (AvgIpc) is 2.65. The molecule has 1 atom stereocenters. The first kappa shape index (κ1) is 20.8. The summed E-state index contributed by atoms with van der Waals surface area (Å²) in [7, 11) is 0. The molecule has 1 aromatic rings. The molecule has 4 nitrogen and oxygen atoms in total. The number of hydrogen-bond donors (Lipinski definition) is 2. The van der Waals surface area contributed by atoms with Gasteiger partial charge in [0.2, 0.25) is 0 Å². The van der Waals surface area contributed by atoms with Crippen LogP contribution in [0.15, 0.2) is 24.3 Å². The van der Waals surface area contributed by atoms with Crippen LogP contribution in [0, 0.1) is 12.3 Å². The number of nitrogens with one attached hydrogen (secondary N) is 1. The van der Waals surface area contributed by atoms with E-state index in [0.29, 0.717) is 6.04 Å². The molecule has 1 spiro atoms. The van der Waals surface area contributed by atoms with Gasteiger partial charge in [0.1, 0.15) is 0 Å². The van der Waals surface area contributed by atoms with Crippen LogP contribution >= 0.6 is 0 Å². The van der Waals surface area contributed by atoms with E-state index in [9.17, 15) is 5.11 Å². The normalized spacial score (nSPS) is 24.6. The highest BCUT2D eigenvalue weighted by Crippen LogP contribution is 2.43. The lowest BCUT2D eigenvalue weighted by atomic mass is 9.78. The Labute approximate surface area is 164 Å². The standard InChI is InChI=1S/C23H37NO3/c1-5-20(19-8-6-18(2)7-9-19)24-15-14-22(25)10-12-23(13-11-22)26-16-21(3,4)17-27-23/h6-9,20,24-25H,5,10-17H2,1-4H3/t20-/m0/s1. The van der Waals surface area contributed by atoms with E-state index in [-0.39, 0.29) is 5.41 Å². The van der Waals surface area contributed by atoms with E-state index in [2.05, 4.69) is 57.3 Å².